The predicted octanol–water partition coefficient (Wildman–Crippen LogP) is 4.66. The van der Waals surface area contributed by atoms with E-state index >= 15 is 0 Å². The van der Waals surface area contributed by atoms with Gasteiger partial charge in [-0.1, -0.05) is 41.9 Å². The molecule has 0 heterocycles. The van der Waals surface area contributed by atoms with Gasteiger partial charge in [-0.05, 0) is 48.0 Å². The summed E-state index contributed by atoms with van der Waals surface area (Å²) in [6, 6.07) is 23.2. The summed E-state index contributed by atoms with van der Waals surface area (Å²) in [5.74, 6) is -0.116. The Labute approximate surface area is 196 Å². The summed E-state index contributed by atoms with van der Waals surface area (Å²) in [5, 5.41) is 16.0. The van der Waals surface area contributed by atoms with E-state index in [9.17, 15) is 9.59 Å². The highest BCUT2D eigenvalue weighted by molar-refractivity contribution is 6.30. The smallest absolute Gasteiger partial charge is 0.240 e. The van der Waals surface area contributed by atoms with Gasteiger partial charge in [0.25, 0.3) is 0 Å². The van der Waals surface area contributed by atoms with Gasteiger partial charge in [0.05, 0.1) is 17.8 Å². The number of para-hydroxylation sites is 1. The van der Waals surface area contributed by atoms with Crippen LogP contribution in [0.2, 0.25) is 5.02 Å². The molecule has 0 saturated carbocycles. The van der Waals surface area contributed by atoms with Gasteiger partial charge in [-0.3, -0.25) is 9.59 Å². The number of hydrazone groups is 1. The standard InChI is InChI=1S/C25H21ClN4O3/c26-21-10-11-23(33-17-19-8-6-18(15-27)7-9-19)20(14-21)16-28-30-25(32)13-12-24(31)29-22-4-2-1-3-5-22/h1-11,14,16H,12-13,17H2,(H,29,31)(H,30,32). The number of hydrogen-bond donors (Lipinski definition) is 2. The van der Waals surface area contributed by atoms with Crippen molar-refractivity contribution in [1.29, 1.82) is 5.26 Å². The molecule has 7 nitrogen and oxygen atoms in total. The number of halogens is 1. The van der Waals surface area contributed by atoms with E-state index in [1.165, 1.54) is 6.21 Å². The minimum atomic E-state index is -0.392. The van der Waals surface area contributed by atoms with Gasteiger partial charge in [-0.25, -0.2) is 5.43 Å². The number of nitrogens with one attached hydrogen (secondary N) is 2. The normalized spacial score (nSPS) is 10.4. The molecule has 33 heavy (non-hydrogen) atoms. The number of rotatable bonds is 9. The Morgan fingerprint density at radius 2 is 1.73 bits per heavy atom. The Morgan fingerprint density at radius 1 is 1.00 bits per heavy atom. The maximum atomic E-state index is 12.0. The SMILES string of the molecule is N#Cc1ccc(COc2ccc(Cl)cc2C=NNC(=O)CCC(=O)Nc2ccccc2)cc1. The quantitative estimate of drug-likeness (QED) is 0.358. The average molecular weight is 461 g/mol. The van der Waals surface area contributed by atoms with Crippen molar-refractivity contribution in [3.05, 3.63) is 94.5 Å². The van der Waals surface area contributed by atoms with Gasteiger partial charge >= 0.3 is 0 Å². The van der Waals surface area contributed by atoms with Crippen LogP contribution in [0.3, 0.4) is 0 Å². The van der Waals surface area contributed by atoms with E-state index < -0.39 is 5.91 Å². The topological polar surface area (TPSA) is 104 Å². The molecule has 2 amide bonds. The van der Waals surface area contributed by atoms with E-state index in [1.54, 1.807) is 42.5 Å². The van der Waals surface area contributed by atoms with Crippen molar-refractivity contribution in [3.8, 4) is 11.8 Å². The Morgan fingerprint density at radius 3 is 2.45 bits per heavy atom. The van der Waals surface area contributed by atoms with Crippen LogP contribution < -0.4 is 15.5 Å². The van der Waals surface area contributed by atoms with Gasteiger partial charge in [-0.15, -0.1) is 0 Å². The van der Waals surface area contributed by atoms with Crippen LogP contribution in [-0.4, -0.2) is 18.0 Å². The fourth-order valence-electron chi connectivity index (χ4n) is 2.79. The third kappa shape index (κ3) is 7.80. The molecule has 0 aliphatic heterocycles. The molecular weight excluding hydrogens is 440 g/mol. The summed E-state index contributed by atoms with van der Waals surface area (Å²) in [6.07, 6.45) is 1.46. The predicted molar refractivity (Wildman–Crippen MR) is 127 cm³/mol. The number of hydrogen-bond acceptors (Lipinski definition) is 5. The molecule has 0 aliphatic rings. The van der Waals surface area contributed by atoms with Crippen molar-refractivity contribution in [1.82, 2.24) is 5.43 Å². The molecule has 166 valence electrons. The van der Waals surface area contributed by atoms with Crippen LogP contribution in [-0.2, 0) is 16.2 Å². The molecule has 0 aliphatic carbocycles. The second-order valence-corrected chi connectivity index (χ2v) is 7.42. The fourth-order valence-corrected chi connectivity index (χ4v) is 2.97. The van der Waals surface area contributed by atoms with Crippen LogP contribution in [0.25, 0.3) is 0 Å². The molecule has 0 aromatic heterocycles. The molecule has 8 heteroatoms. The lowest BCUT2D eigenvalue weighted by Gasteiger charge is -2.10. The van der Waals surface area contributed by atoms with Crippen molar-refractivity contribution in [2.75, 3.05) is 5.32 Å². The average Bonchev–Trinajstić information content (AvgIpc) is 2.83. The number of carbonyl (C=O) groups excluding carboxylic acids is 2. The Hall–Kier alpha value is -4.15. The molecule has 0 spiro atoms. The van der Waals surface area contributed by atoms with Gasteiger partial charge in [0.2, 0.25) is 11.8 Å². The van der Waals surface area contributed by atoms with Gasteiger partial charge in [0.1, 0.15) is 12.4 Å². The minimum Gasteiger partial charge on any atom is -0.488 e. The Kier molecular flexibility index (Phi) is 8.57. The number of anilines is 1. The molecule has 0 unspecified atom stereocenters. The van der Waals surface area contributed by atoms with Crippen LogP contribution in [0, 0.1) is 11.3 Å². The van der Waals surface area contributed by atoms with Crippen molar-refractivity contribution >= 4 is 35.3 Å². The summed E-state index contributed by atoms with van der Waals surface area (Å²) in [5.41, 5.74) is 5.14. The Bertz CT molecular complexity index is 1170. The lowest BCUT2D eigenvalue weighted by Crippen LogP contribution is -2.20. The first-order valence-electron chi connectivity index (χ1n) is 10.1. The van der Waals surface area contributed by atoms with Crippen molar-refractivity contribution in [2.24, 2.45) is 5.10 Å². The summed E-state index contributed by atoms with van der Waals surface area (Å²) >= 11 is 6.08. The summed E-state index contributed by atoms with van der Waals surface area (Å²) in [6.45, 7) is 0.289. The first-order valence-corrected chi connectivity index (χ1v) is 10.5. The zero-order chi connectivity index (χ0) is 23.5. The van der Waals surface area contributed by atoms with Crippen molar-refractivity contribution < 1.29 is 14.3 Å². The molecule has 3 aromatic carbocycles. The summed E-state index contributed by atoms with van der Waals surface area (Å²) in [4.78, 5) is 24.0. The maximum Gasteiger partial charge on any atom is 0.240 e. The van der Waals surface area contributed by atoms with Gasteiger partial charge in [0.15, 0.2) is 0 Å². The largest absolute Gasteiger partial charge is 0.488 e. The molecule has 0 fully saturated rings. The molecular formula is C25H21ClN4O3. The van der Waals surface area contributed by atoms with Crippen LogP contribution in [0.4, 0.5) is 5.69 Å². The number of benzene rings is 3. The molecule has 0 radical (unpaired) electrons. The second kappa shape index (κ2) is 12.0. The van der Waals surface area contributed by atoms with E-state index in [-0.39, 0.29) is 25.4 Å². The van der Waals surface area contributed by atoms with E-state index in [4.69, 9.17) is 21.6 Å². The zero-order valence-corrected chi connectivity index (χ0v) is 18.4. The highest BCUT2D eigenvalue weighted by Crippen LogP contribution is 2.22. The number of ether oxygens (including phenoxy) is 1. The lowest BCUT2D eigenvalue weighted by molar-refractivity contribution is -0.124. The molecule has 0 atom stereocenters. The van der Waals surface area contributed by atoms with E-state index in [0.717, 1.165) is 5.56 Å². The molecule has 2 N–H and O–H groups in total. The molecule has 0 bridgehead atoms. The highest BCUT2D eigenvalue weighted by Gasteiger charge is 2.08. The van der Waals surface area contributed by atoms with Crippen molar-refractivity contribution in [2.45, 2.75) is 19.4 Å². The summed E-state index contributed by atoms with van der Waals surface area (Å²) in [7, 11) is 0. The second-order valence-electron chi connectivity index (χ2n) is 6.99. The van der Waals surface area contributed by atoms with Crippen LogP contribution >= 0.6 is 11.6 Å². The number of nitriles is 1. The zero-order valence-electron chi connectivity index (χ0n) is 17.6. The number of amides is 2. The number of carbonyl (C=O) groups is 2. The number of nitrogens with zero attached hydrogens (tertiary/aromatic N) is 2. The lowest BCUT2D eigenvalue weighted by atomic mass is 10.1. The van der Waals surface area contributed by atoms with Gasteiger partial charge in [0, 0.05) is 29.1 Å². The van der Waals surface area contributed by atoms with E-state index in [0.29, 0.717) is 27.6 Å². The van der Waals surface area contributed by atoms with Crippen LogP contribution in [0.1, 0.15) is 29.5 Å². The first kappa shape index (κ1) is 23.5. The van der Waals surface area contributed by atoms with Gasteiger partial charge < -0.3 is 10.1 Å². The van der Waals surface area contributed by atoms with E-state index in [2.05, 4.69) is 21.9 Å². The van der Waals surface area contributed by atoms with Crippen LogP contribution in [0.5, 0.6) is 5.75 Å². The molecule has 3 rings (SSSR count). The van der Waals surface area contributed by atoms with E-state index in [1.807, 2.05) is 30.3 Å². The highest BCUT2D eigenvalue weighted by atomic mass is 35.5. The molecule has 0 saturated heterocycles. The first-order chi connectivity index (χ1) is 16.0. The summed E-state index contributed by atoms with van der Waals surface area (Å²) < 4.78 is 5.85. The molecule has 3 aromatic rings. The Balaban J connectivity index is 1.51. The third-order valence-electron chi connectivity index (χ3n) is 4.48. The third-order valence-corrected chi connectivity index (χ3v) is 4.71. The fraction of sp³-hybridized carbons (Fsp3) is 0.120. The van der Waals surface area contributed by atoms with Crippen LogP contribution in [0.15, 0.2) is 77.9 Å². The maximum absolute atomic E-state index is 12.0. The minimum absolute atomic E-state index is 0.00635. The van der Waals surface area contributed by atoms with Gasteiger partial charge in [-0.2, -0.15) is 10.4 Å². The monoisotopic (exact) mass is 460 g/mol. The van der Waals surface area contributed by atoms with Crippen molar-refractivity contribution in [3.63, 3.8) is 0 Å².